The van der Waals surface area contributed by atoms with Gasteiger partial charge in [-0.1, -0.05) is 48.5 Å². The van der Waals surface area contributed by atoms with Gasteiger partial charge < -0.3 is 20.3 Å². The number of hydrogen-bond donors (Lipinski definition) is 2. The second kappa shape index (κ2) is 10.9. The number of aliphatic imine (C=N–C) groups is 1. The zero-order chi connectivity index (χ0) is 25.6. The van der Waals surface area contributed by atoms with Crippen molar-refractivity contribution >= 4 is 21.6 Å². The molecule has 0 saturated carbocycles. The maximum atomic E-state index is 13.0. The van der Waals surface area contributed by atoms with Gasteiger partial charge in [0.15, 0.2) is 21.5 Å². The van der Waals surface area contributed by atoms with Gasteiger partial charge in [-0.2, -0.15) is 0 Å². The Morgan fingerprint density at radius 1 is 1.00 bits per heavy atom. The summed E-state index contributed by atoms with van der Waals surface area (Å²) in [7, 11) is -3.69. The molecule has 1 amide bonds. The first-order chi connectivity index (χ1) is 17.4. The van der Waals surface area contributed by atoms with Crippen molar-refractivity contribution in [3.63, 3.8) is 0 Å². The SMILES string of the molecule is NC(=O)[C@]1(CCS(=O)(=O)c2ccccc2)N=C(c2ccc(OCCCO)cc2)O[C@@H]1c1ccccc1. The van der Waals surface area contributed by atoms with Crippen LogP contribution in [0, 0.1) is 0 Å². The highest BCUT2D eigenvalue weighted by Crippen LogP contribution is 2.42. The largest absolute Gasteiger partial charge is 0.494 e. The van der Waals surface area contributed by atoms with E-state index < -0.39 is 27.4 Å². The van der Waals surface area contributed by atoms with Crippen LogP contribution in [0.25, 0.3) is 0 Å². The van der Waals surface area contributed by atoms with Crippen molar-refractivity contribution in [2.45, 2.75) is 29.4 Å². The number of aliphatic hydroxyl groups is 1. The summed E-state index contributed by atoms with van der Waals surface area (Å²) >= 11 is 0. The molecule has 2 atom stereocenters. The van der Waals surface area contributed by atoms with Crippen LogP contribution >= 0.6 is 0 Å². The van der Waals surface area contributed by atoms with Crippen molar-refractivity contribution in [2.75, 3.05) is 19.0 Å². The van der Waals surface area contributed by atoms with Gasteiger partial charge in [-0.05, 0) is 42.0 Å². The topological polar surface area (TPSA) is 128 Å². The number of nitrogens with zero attached hydrogens (tertiary/aromatic N) is 1. The lowest BCUT2D eigenvalue weighted by Gasteiger charge is -2.28. The van der Waals surface area contributed by atoms with E-state index in [1.54, 1.807) is 54.6 Å². The van der Waals surface area contributed by atoms with Gasteiger partial charge in [0, 0.05) is 25.0 Å². The number of ether oxygens (including phenoxy) is 2. The number of aliphatic hydroxyl groups excluding tert-OH is 1. The predicted molar refractivity (Wildman–Crippen MR) is 135 cm³/mol. The van der Waals surface area contributed by atoms with E-state index in [0.29, 0.717) is 29.9 Å². The third-order valence-corrected chi connectivity index (χ3v) is 7.75. The maximum Gasteiger partial charge on any atom is 0.249 e. The van der Waals surface area contributed by atoms with Crippen molar-refractivity contribution in [1.29, 1.82) is 0 Å². The summed E-state index contributed by atoms with van der Waals surface area (Å²) in [5.41, 5.74) is 5.54. The van der Waals surface area contributed by atoms with E-state index in [4.69, 9.17) is 20.3 Å². The molecule has 0 aliphatic carbocycles. The van der Waals surface area contributed by atoms with Gasteiger partial charge in [-0.3, -0.25) is 4.79 Å². The Balaban J connectivity index is 1.67. The highest BCUT2D eigenvalue weighted by molar-refractivity contribution is 7.91. The molecule has 36 heavy (non-hydrogen) atoms. The van der Waals surface area contributed by atoms with E-state index in [1.807, 2.05) is 18.2 Å². The number of primary amides is 1. The van der Waals surface area contributed by atoms with Crippen LogP contribution in [0.1, 0.15) is 30.1 Å². The molecular formula is C27H28N2O6S. The molecule has 8 nitrogen and oxygen atoms in total. The van der Waals surface area contributed by atoms with Crippen LogP contribution in [0.3, 0.4) is 0 Å². The average Bonchev–Trinajstić information content (AvgIpc) is 3.30. The monoisotopic (exact) mass is 508 g/mol. The second-order valence-electron chi connectivity index (χ2n) is 8.45. The Labute approximate surface area is 210 Å². The molecule has 0 fully saturated rings. The van der Waals surface area contributed by atoms with Gasteiger partial charge in [0.25, 0.3) is 0 Å². The number of carbonyl (C=O) groups excluding carboxylic acids is 1. The minimum Gasteiger partial charge on any atom is -0.494 e. The lowest BCUT2D eigenvalue weighted by molar-refractivity contribution is -0.125. The molecule has 1 aliphatic heterocycles. The Kier molecular flexibility index (Phi) is 7.71. The van der Waals surface area contributed by atoms with Gasteiger partial charge in [0.1, 0.15) is 5.75 Å². The Hall–Kier alpha value is -3.69. The maximum absolute atomic E-state index is 13.0. The molecule has 0 aromatic heterocycles. The van der Waals surface area contributed by atoms with Gasteiger partial charge in [0.05, 0.1) is 17.3 Å². The Morgan fingerprint density at radius 3 is 2.25 bits per heavy atom. The number of benzene rings is 3. The first-order valence-corrected chi connectivity index (χ1v) is 13.2. The number of nitrogens with two attached hydrogens (primary N) is 1. The van der Waals surface area contributed by atoms with Crippen LogP contribution in [0.5, 0.6) is 5.75 Å². The fourth-order valence-corrected chi connectivity index (χ4v) is 5.45. The fraction of sp³-hybridized carbons (Fsp3) is 0.259. The van der Waals surface area contributed by atoms with E-state index in [1.165, 1.54) is 12.1 Å². The Morgan fingerprint density at radius 2 is 1.64 bits per heavy atom. The highest BCUT2D eigenvalue weighted by Gasteiger charge is 2.52. The van der Waals surface area contributed by atoms with E-state index >= 15 is 0 Å². The fourth-order valence-electron chi connectivity index (χ4n) is 4.06. The average molecular weight is 509 g/mol. The number of hydrogen-bond acceptors (Lipinski definition) is 7. The molecule has 3 aromatic carbocycles. The quantitative estimate of drug-likeness (QED) is 0.383. The van der Waals surface area contributed by atoms with Crippen LogP contribution in [0.15, 0.2) is 94.8 Å². The summed E-state index contributed by atoms with van der Waals surface area (Å²) < 4.78 is 37.8. The Bertz CT molecular complexity index is 1310. The molecule has 1 heterocycles. The molecular weight excluding hydrogens is 480 g/mol. The molecule has 1 aliphatic rings. The van der Waals surface area contributed by atoms with E-state index in [-0.39, 0.29) is 29.6 Å². The summed E-state index contributed by atoms with van der Waals surface area (Å²) in [5, 5.41) is 8.92. The zero-order valence-electron chi connectivity index (χ0n) is 19.6. The summed E-state index contributed by atoms with van der Waals surface area (Å²) in [5.74, 6) is -0.290. The molecule has 0 unspecified atom stereocenters. The minimum atomic E-state index is -3.69. The minimum absolute atomic E-state index is 0.0405. The molecule has 3 aromatic rings. The van der Waals surface area contributed by atoms with Crippen molar-refractivity contribution in [3.8, 4) is 5.75 Å². The van der Waals surface area contributed by atoms with E-state index in [9.17, 15) is 13.2 Å². The standard InChI is InChI=1S/C27H28N2O6S/c28-26(31)27(16-19-36(32,33)23-10-5-2-6-11-23)24(20-8-3-1-4-9-20)35-25(29-27)21-12-14-22(15-13-21)34-18-7-17-30/h1-6,8-15,24,30H,7,16-19H2,(H2,28,31)/t24-,27-/m1/s1. The molecule has 0 bridgehead atoms. The molecule has 188 valence electrons. The first-order valence-electron chi connectivity index (χ1n) is 11.6. The third kappa shape index (κ3) is 5.42. The zero-order valence-corrected chi connectivity index (χ0v) is 20.4. The number of amides is 1. The molecule has 9 heteroatoms. The summed E-state index contributed by atoms with van der Waals surface area (Å²) in [6.45, 7) is 0.419. The van der Waals surface area contributed by atoms with Crippen LogP contribution in [0.4, 0.5) is 0 Å². The lowest BCUT2D eigenvalue weighted by atomic mass is 9.85. The van der Waals surface area contributed by atoms with Crippen LogP contribution in [0.2, 0.25) is 0 Å². The first kappa shape index (κ1) is 25.4. The molecule has 3 N–H and O–H groups in total. The number of carbonyl (C=O) groups is 1. The van der Waals surface area contributed by atoms with Crippen molar-refractivity contribution in [1.82, 2.24) is 0 Å². The molecule has 0 radical (unpaired) electrons. The molecule has 0 spiro atoms. The highest BCUT2D eigenvalue weighted by atomic mass is 32.2. The molecule has 4 rings (SSSR count). The van der Waals surface area contributed by atoms with Gasteiger partial charge in [0.2, 0.25) is 11.8 Å². The van der Waals surface area contributed by atoms with Crippen molar-refractivity contribution < 1.29 is 27.8 Å². The van der Waals surface area contributed by atoms with E-state index in [2.05, 4.69) is 4.99 Å². The van der Waals surface area contributed by atoms with Crippen LogP contribution < -0.4 is 10.5 Å². The van der Waals surface area contributed by atoms with E-state index in [0.717, 1.165) is 0 Å². The van der Waals surface area contributed by atoms with Crippen molar-refractivity contribution in [3.05, 3.63) is 96.1 Å². The van der Waals surface area contributed by atoms with Gasteiger partial charge in [-0.25, -0.2) is 13.4 Å². The van der Waals surface area contributed by atoms with Crippen LogP contribution in [-0.2, 0) is 19.4 Å². The summed E-state index contributed by atoms with van der Waals surface area (Å²) in [6.07, 6.45) is -0.522. The third-order valence-electron chi connectivity index (χ3n) is 6.02. The van der Waals surface area contributed by atoms with Gasteiger partial charge in [-0.15, -0.1) is 0 Å². The lowest BCUT2D eigenvalue weighted by Crippen LogP contribution is -2.46. The van der Waals surface area contributed by atoms with Crippen LogP contribution in [-0.4, -0.2) is 49.8 Å². The number of sulfone groups is 1. The predicted octanol–water partition coefficient (Wildman–Crippen LogP) is 3.05. The summed E-state index contributed by atoms with van der Waals surface area (Å²) in [6, 6.07) is 24.1. The number of rotatable bonds is 11. The summed E-state index contributed by atoms with van der Waals surface area (Å²) in [4.78, 5) is 17.7. The normalized spacial score (nSPS) is 19.4. The molecule has 0 saturated heterocycles. The van der Waals surface area contributed by atoms with Gasteiger partial charge >= 0.3 is 0 Å². The second-order valence-corrected chi connectivity index (χ2v) is 10.6. The van der Waals surface area contributed by atoms with Crippen molar-refractivity contribution in [2.24, 2.45) is 10.7 Å². The smallest absolute Gasteiger partial charge is 0.249 e.